The van der Waals surface area contributed by atoms with E-state index in [1.807, 2.05) is 18.2 Å². The van der Waals surface area contributed by atoms with E-state index in [0.717, 1.165) is 31.9 Å². The fraction of sp³-hybridized carbons (Fsp3) is 0.280. The van der Waals surface area contributed by atoms with E-state index in [-0.39, 0.29) is 6.61 Å². The van der Waals surface area contributed by atoms with Crippen molar-refractivity contribution >= 4 is 0 Å². The lowest BCUT2D eigenvalue weighted by Gasteiger charge is -2.36. The first kappa shape index (κ1) is 19.6. The molecule has 4 nitrogen and oxygen atoms in total. The van der Waals surface area contributed by atoms with Gasteiger partial charge in [-0.1, -0.05) is 42.5 Å². The number of fused-ring (bicyclic) bond motifs is 1. The van der Waals surface area contributed by atoms with Gasteiger partial charge in [0, 0.05) is 32.2 Å². The lowest BCUT2D eigenvalue weighted by molar-refractivity contribution is 0.127. The number of ether oxygens (including phenoxy) is 1. The van der Waals surface area contributed by atoms with Crippen LogP contribution in [0.3, 0.4) is 0 Å². The third kappa shape index (κ3) is 4.85. The molecular formula is C25H28N2O2. The summed E-state index contributed by atoms with van der Waals surface area (Å²) in [6.07, 6.45) is 0. The summed E-state index contributed by atoms with van der Waals surface area (Å²) in [5, 5.41) is 12.5. The van der Waals surface area contributed by atoms with Crippen molar-refractivity contribution in [3.05, 3.63) is 78.4 Å². The van der Waals surface area contributed by atoms with Crippen LogP contribution in [-0.4, -0.2) is 49.9 Å². The van der Waals surface area contributed by atoms with Crippen molar-refractivity contribution in [3.8, 4) is 28.0 Å². The molecule has 0 aromatic heterocycles. The number of benzene rings is 3. The minimum absolute atomic E-state index is 0.215. The number of piperazine rings is 1. The van der Waals surface area contributed by atoms with Crippen molar-refractivity contribution in [2.75, 3.05) is 39.9 Å². The number of aliphatic hydroxyl groups is 1. The summed E-state index contributed by atoms with van der Waals surface area (Å²) in [6.45, 7) is 3.86. The van der Waals surface area contributed by atoms with E-state index >= 15 is 0 Å². The van der Waals surface area contributed by atoms with Crippen LogP contribution in [0, 0.1) is 0 Å². The van der Waals surface area contributed by atoms with Gasteiger partial charge >= 0.3 is 0 Å². The van der Waals surface area contributed by atoms with Gasteiger partial charge in [-0.25, -0.2) is 0 Å². The molecule has 5 rings (SSSR count). The van der Waals surface area contributed by atoms with Gasteiger partial charge < -0.3 is 15.2 Å². The topological polar surface area (TPSA) is 44.7 Å². The number of rotatable bonds is 5. The number of nitrogens with zero attached hydrogens (tertiary/aromatic N) is 1. The molecule has 1 heterocycles. The second-order valence-electron chi connectivity index (χ2n) is 7.42. The highest BCUT2D eigenvalue weighted by Gasteiger charge is 2.22. The Kier molecular flexibility index (Phi) is 6.25. The largest absolute Gasteiger partial charge is 0.497 e. The first-order chi connectivity index (χ1) is 14.3. The van der Waals surface area contributed by atoms with Crippen LogP contribution in [0.25, 0.3) is 22.3 Å². The van der Waals surface area contributed by atoms with E-state index in [1.54, 1.807) is 7.11 Å². The Bertz CT molecular complexity index is 903. The van der Waals surface area contributed by atoms with Gasteiger partial charge in [0.2, 0.25) is 0 Å². The second kappa shape index (κ2) is 9.23. The number of hydrogen-bond donors (Lipinski definition) is 2. The van der Waals surface area contributed by atoms with E-state index in [4.69, 9.17) is 9.84 Å². The van der Waals surface area contributed by atoms with E-state index in [1.165, 1.54) is 27.8 Å². The summed E-state index contributed by atoms with van der Waals surface area (Å²) in [4.78, 5) is 2.32. The molecule has 0 radical (unpaired) electrons. The third-order valence-corrected chi connectivity index (χ3v) is 5.53. The van der Waals surface area contributed by atoms with Gasteiger partial charge in [0.25, 0.3) is 0 Å². The molecule has 2 N–H and O–H groups in total. The monoisotopic (exact) mass is 388 g/mol. The summed E-state index contributed by atoms with van der Waals surface area (Å²) < 4.78 is 5.16. The first-order valence-electron chi connectivity index (χ1n) is 10.2. The standard InChI is InChI=1S/C13H20N2O2.C12H8/c1-17-12-4-2-11(3-5-12)13-10-14-6-7-15(13)8-9-16;1-2-4-9(5-3-1)10-6-11-8-12(11)7-10/h2-5,13-14,16H,6-10H2,1H3;1-8H. The van der Waals surface area contributed by atoms with Crippen molar-refractivity contribution in [1.29, 1.82) is 0 Å². The average molecular weight is 389 g/mol. The molecule has 2 aliphatic carbocycles. The Labute approximate surface area is 172 Å². The fourth-order valence-electron chi connectivity index (χ4n) is 3.85. The molecule has 0 spiro atoms. The molecule has 3 aliphatic rings. The van der Waals surface area contributed by atoms with E-state index in [0.29, 0.717) is 6.04 Å². The minimum Gasteiger partial charge on any atom is -0.497 e. The lowest BCUT2D eigenvalue weighted by atomic mass is 10.0. The van der Waals surface area contributed by atoms with Crippen LogP contribution in [0.5, 0.6) is 5.75 Å². The molecule has 29 heavy (non-hydrogen) atoms. The van der Waals surface area contributed by atoms with Gasteiger partial charge in [-0.05, 0) is 58.1 Å². The summed E-state index contributed by atoms with van der Waals surface area (Å²) in [5.41, 5.74) is 6.76. The molecule has 1 saturated heterocycles. The van der Waals surface area contributed by atoms with Crippen molar-refractivity contribution in [2.45, 2.75) is 6.04 Å². The summed E-state index contributed by atoms with van der Waals surface area (Å²) in [6, 6.07) is 25.7. The average Bonchev–Trinajstić information content (AvgIpc) is 3.40. The van der Waals surface area contributed by atoms with Gasteiger partial charge in [-0.3, -0.25) is 4.90 Å². The molecule has 2 aromatic rings. The SMILES string of the molecule is COc1ccc(C2CNCCN2CCO)cc1.c1ccc(-c2cc3cc-3c2)cc1. The van der Waals surface area contributed by atoms with E-state index in [9.17, 15) is 0 Å². The number of nitrogens with one attached hydrogen (secondary N) is 1. The minimum atomic E-state index is 0.215. The van der Waals surface area contributed by atoms with Crippen LogP contribution in [0.4, 0.5) is 0 Å². The lowest BCUT2D eigenvalue weighted by Crippen LogP contribution is -2.46. The van der Waals surface area contributed by atoms with Crippen molar-refractivity contribution < 1.29 is 9.84 Å². The maximum Gasteiger partial charge on any atom is 0.118 e. The predicted molar refractivity (Wildman–Crippen MR) is 118 cm³/mol. The molecule has 1 aliphatic heterocycles. The van der Waals surface area contributed by atoms with Crippen LogP contribution in [-0.2, 0) is 0 Å². The molecule has 0 bridgehead atoms. The Morgan fingerprint density at radius 1 is 0.931 bits per heavy atom. The molecule has 2 aromatic carbocycles. The quantitative estimate of drug-likeness (QED) is 0.543. The maximum atomic E-state index is 9.08. The van der Waals surface area contributed by atoms with Gasteiger partial charge in [0.05, 0.1) is 13.7 Å². The summed E-state index contributed by atoms with van der Waals surface area (Å²) in [7, 11) is 1.68. The first-order valence-corrected chi connectivity index (χ1v) is 10.2. The van der Waals surface area contributed by atoms with Gasteiger partial charge in [0.15, 0.2) is 0 Å². The molecule has 1 fully saturated rings. The molecule has 4 heteroatoms. The molecule has 150 valence electrons. The molecule has 1 unspecified atom stereocenters. The zero-order valence-electron chi connectivity index (χ0n) is 16.8. The van der Waals surface area contributed by atoms with Crippen LogP contribution in [0.1, 0.15) is 11.6 Å². The number of β-amino-alcohol motifs (C(OH)–C–C–N with tert-alkyl or cyclic N) is 1. The number of hydrogen-bond acceptors (Lipinski definition) is 4. The molecular weight excluding hydrogens is 360 g/mol. The number of methoxy groups -OCH3 is 1. The molecule has 0 saturated carbocycles. The van der Waals surface area contributed by atoms with Crippen LogP contribution in [0.2, 0.25) is 0 Å². The summed E-state index contributed by atoms with van der Waals surface area (Å²) >= 11 is 0. The molecule has 0 amide bonds. The fourth-order valence-corrected chi connectivity index (χ4v) is 3.85. The van der Waals surface area contributed by atoms with Crippen molar-refractivity contribution in [3.63, 3.8) is 0 Å². The smallest absolute Gasteiger partial charge is 0.118 e. The van der Waals surface area contributed by atoms with Gasteiger partial charge in [0.1, 0.15) is 5.75 Å². The summed E-state index contributed by atoms with van der Waals surface area (Å²) in [5.74, 6) is 0.881. The second-order valence-corrected chi connectivity index (χ2v) is 7.42. The Morgan fingerprint density at radius 2 is 1.59 bits per heavy atom. The highest BCUT2D eigenvalue weighted by atomic mass is 16.5. The van der Waals surface area contributed by atoms with Crippen LogP contribution < -0.4 is 10.1 Å². The van der Waals surface area contributed by atoms with Crippen molar-refractivity contribution in [2.24, 2.45) is 0 Å². The van der Waals surface area contributed by atoms with Crippen LogP contribution in [0.15, 0.2) is 72.8 Å². The van der Waals surface area contributed by atoms with Crippen LogP contribution >= 0.6 is 0 Å². The van der Waals surface area contributed by atoms with E-state index < -0.39 is 0 Å². The predicted octanol–water partition coefficient (Wildman–Crippen LogP) is 3.97. The highest BCUT2D eigenvalue weighted by molar-refractivity contribution is 5.89. The molecule has 1 atom stereocenters. The third-order valence-electron chi connectivity index (χ3n) is 5.53. The highest BCUT2D eigenvalue weighted by Crippen LogP contribution is 2.40. The van der Waals surface area contributed by atoms with Gasteiger partial charge in [-0.15, -0.1) is 0 Å². The van der Waals surface area contributed by atoms with Gasteiger partial charge in [-0.2, -0.15) is 0 Å². The normalized spacial score (nSPS) is 17.2. The number of aliphatic hydroxyl groups excluding tert-OH is 1. The zero-order chi connectivity index (χ0) is 20.1. The Hall–Kier alpha value is -2.66. The Balaban J connectivity index is 0.000000149. The zero-order valence-corrected chi connectivity index (χ0v) is 16.8. The van der Waals surface area contributed by atoms with E-state index in [2.05, 4.69) is 64.8 Å². The Morgan fingerprint density at radius 3 is 2.21 bits per heavy atom. The maximum absolute atomic E-state index is 9.08. The van der Waals surface area contributed by atoms with Crippen molar-refractivity contribution in [1.82, 2.24) is 10.2 Å².